The van der Waals surface area contributed by atoms with Gasteiger partial charge in [-0.05, 0) is 25.1 Å². The van der Waals surface area contributed by atoms with Gasteiger partial charge in [-0.15, -0.1) is 5.10 Å². The van der Waals surface area contributed by atoms with Crippen LogP contribution in [0, 0.1) is 0 Å². The Labute approximate surface area is 139 Å². The molecule has 1 amide bonds. The van der Waals surface area contributed by atoms with Crippen molar-refractivity contribution < 1.29 is 19.4 Å². The van der Waals surface area contributed by atoms with Crippen molar-refractivity contribution in [3.05, 3.63) is 28.2 Å². The summed E-state index contributed by atoms with van der Waals surface area (Å²) in [4.78, 5) is 23.2. The maximum Gasteiger partial charge on any atom is 0.329 e. The van der Waals surface area contributed by atoms with Gasteiger partial charge >= 0.3 is 5.97 Å². The summed E-state index contributed by atoms with van der Waals surface area (Å²) < 4.78 is 5.58. The first kappa shape index (κ1) is 16.5. The number of aromatic hydroxyl groups is 1. The molecule has 1 saturated heterocycles. The number of thioether (sulfide) groups is 1. The van der Waals surface area contributed by atoms with Gasteiger partial charge in [-0.25, -0.2) is 0 Å². The normalized spacial score (nSPS) is 19.6. The Morgan fingerprint density at radius 3 is 3.09 bits per heavy atom. The second kappa shape index (κ2) is 7.41. The quantitative estimate of drug-likeness (QED) is 0.355. The number of nitrogens with zero attached hydrogens (tertiary/aromatic N) is 2. The van der Waals surface area contributed by atoms with Gasteiger partial charge in [0.25, 0.3) is 5.91 Å². The molecule has 1 aliphatic rings. The number of hydrogen-bond donors (Lipinski definition) is 2. The topological polar surface area (TPSA) is 100 Å². The monoisotopic (exact) mass is 385 g/mol. The molecule has 0 aromatic heterocycles. The zero-order valence-electron chi connectivity index (χ0n) is 11.4. The molecule has 0 radical (unpaired) electrons. The van der Waals surface area contributed by atoms with Crippen LogP contribution in [-0.4, -0.2) is 40.2 Å². The highest BCUT2D eigenvalue weighted by atomic mass is 79.9. The molecule has 1 aromatic rings. The summed E-state index contributed by atoms with van der Waals surface area (Å²) in [5.74, 6) is -1.04. The van der Waals surface area contributed by atoms with Crippen LogP contribution in [0.4, 0.5) is 0 Å². The SMILES string of the molecule is CCOC(=O)C1S/C(=N/N=Cc2cc(Br)ccc2O)NC1=O. The van der Waals surface area contributed by atoms with Crippen LogP contribution in [0.25, 0.3) is 0 Å². The van der Waals surface area contributed by atoms with Crippen LogP contribution in [0.15, 0.2) is 32.9 Å². The largest absolute Gasteiger partial charge is 0.507 e. The first-order valence-corrected chi connectivity index (χ1v) is 7.92. The fraction of sp³-hybridized carbons (Fsp3) is 0.231. The van der Waals surface area contributed by atoms with E-state index in [9.17, 15) is 14.7 Å². The maximum atomic E-state index is 11.6. The number of hydrogen-bond acceptors (Lipinski definition) is 7. The predicted molar refractivity (Wildman–Crippen MR) is 87.0 cm³/mol. The first-order chi connectivity index (χ1) is 10.5. The van der Waals surface area contributed by atoms with E-state index in [1.54, 1.807) is 19.1 Å². The molecule has 2 rings (SSSR count). The molecular weight excluding hydrogens is 374 g/mol. The molecule has 1 heterocycles. The second-order valence-electron chi connectivity index (χ2n) is 4.09. The molecule has 0 spiro atoms. The van der Waals surface area contributed by atoms with Gasteiger partial charge in [-0.2, -0.15) is 5.10 Å². The van der Waals surface area contributed by atoms with Gasteiger partial charge in [0.1, 0.15) is 5.75 Å². The molecular formula is C13H12BrN3O4S. The highest BCUT2D eigenvalue weighted by Crippen LogP contribution is 2.22. The minimum Gasteiger partial charge on any atom is -0.507 e. The molecule has 116 valence electrons. The zero-order valence-corrected chi connectivity index (χ0v) is 13.8. The van der Waals surface area contributed by atoms with E-state index >= 15 is 0 Å². The van der Waals surface area contributed by atoms with E-state index in [2.05, 4.69) is 31.4 Å². The van der Waals surface area contributed by atoms with E-state index < -0.39 is 17.1 Å². The summed E-state index contributed by atoms with van der Waals surface area (Å²) in [5, 5.41) is 18.9. The fourth-order valence-electron chi connectivity index (χ4n) is 1.56. The van der Waals surface area contributed by atoms with Crippen molar-refractivity contribution >= 4 is 51.0 Å². The summed E-state index contributed by atoms with van der Waals surface area (Å²) in [7, 11) is 0. The van der Waals surface area contributed by atoms with Gasteiger partial charge in [-0.3, -0.25) is 9.59 Å². The van der Waals surface area contributed by atoms with Gasteiger partial charge in [-0.1, -0.05) is 27.7 Å². The average molecular weight is 386 g/mol. The Morgan fingerprint density at radius 2 is 2.36 bits per heavy atom. The Balaban J connectivity index is 2.05. The first-order valence-electron chi connectivity index (χ1n) is 6.25. The molecule has 0 bridgehead atoms. The van der Waals surface area contributed by atoms with E-state index in [4.69, 9.17) is 4.74 Å². The number of phenolic OH excluding ortho intramolecular Hbond substituents is 1. The summed E-state index contributed by atoms with van der Waals surface area (Å²) in [6, 6.07) is 4.87. The number of rotatable bonds is 4. The number of halogens is 1. The maximum absolute atomic E-state index is 11.6. The summed E-state index contributed by atoms with van der Waals surface area (Å²) in [5.41, 5.74) is 0.468. The Morgan fingerprint density at radius 1 is 1.59 bits per heavy atom. The smallest absolute Gasteiger partial charge is 0.329 e. The number of amidine groups is 1. The lowest BCUT2D eigenvalue weighted by molar-refractivity contribution is -0.144. The number of nitrogens with one attached hydrogen (secondary N) is 1. The Bertz CT molecular complexity index is 663. The number of carbonyl (C=O) groups is 2. The number of benzene rings is 1. The van der Waals surface area contributed by atoms with Crippen LogP contribution in [-0.2, 0) is 14.3 Å². The van der Waals surface area contributed by atoms with Gasteiger partial charge < -0.3 is 15.2 Å². The van der Waals surface area contributed by atoms with E-state index in [0.717, 1.165) is 16.2 Å². The number of ether oxygens (including phenoxy) is 1. The van der Waals surface area contributed by atoms with Crippen molar-refractivity contribution in [2.45, 2.75) is 12.2 Å². The molecule has 2 N–H and O–H groups in total. The minimum absolute atomic E-state index is 0.0552. The molecule has 22 heavy (non-hydrogen) atoms. The van der Waals surface area contributed by atoms with Crippen molar-refractivity contribution in [1.29, 1.82) is 0 Å². The molecule has 0 saturated carbocycles. The molecule has 7 nitrogen and oxygen atoms in total. The molecule has 1 aliphatic heterocycles. The lowest BCUT2D eigenvalue weighted by Crippen LogP contribution is -2.31. The van der Waals surface area contributed by atoms with Crippen molar-refractivity contribution in [1.82, 2.24) is 5.32 Å². The van der Waals surface area contributed by atoms with Crippen molar-refractivity contribution in [3.63, 3.8) is 0 Å². The molecule has 9 heteroatoms. The van der Waals surface area contributed by atoms with Crippen LogP contribution in [0.5, 0.6) is 5.75 Å². The third-order valence-corrected chi connectivity index (χ3v) is 4.08. The molecule has 1 aromatic carbocycles. The van der Waals surface area contributed by atoms with E-state index in [1.807, 2.05) is 0 Å². The van der Waals surface area contributed by atoms with Crippen molar-refractivity contribution in [3.8, 4) is 5.75 Å². The van der Waals surface area contributed by atoms with Gasteiger partial charge in [0, 0.05) is 10.0 Å². The average Bonchev–Trinajstić information content (AvgIpc) is 2.84. The van der Waals surface area contributed by atoms with Gasteiger partial charge in [0.2, 0.25) is 0 Å². The Hall–Kier alpha value is -1.87. The van der Waals surface area contributed by atoms with Crippen LogP contribution < -0.4 is 5.32 Å². The molecule has 0 aliphatic carbocycles. The highest BCUT2D eigenvalue weighted by molar-refractivity contribution is 9.10. The number of esters is 1. The summed E-state index contributed by atoms with van der Waals surface area (Å²) in [6.07, 6.45) is 1.34. The number of amides is 1. The summed E-state index contributed by atoms with van der Waals surface area (Å²) in [6.45, 7) is 1.87. The van der Waals surface area contributed by atoms with Crippen LogP contribution >= 0.6 is 27.7 Å². The third-order valence-electron chi connectivity index (χ3n) is 2.53. The van der Waals surface area contributed by atoms with E-state index in [1.165, 1.54) is 12.3 Å². The van der Waals surface area contributed by atoms with E-state index in [0.29, 0.717) is 5.56 Å². The van der Waals surface area contributed by atoms with Crippen LogP contribution in [0.3, 0.4) is 0 Å². The van der Waals surface area contributed by atoms with Crippen LogP contribution in [0.1, 0.15) is 12.5 Å². The number of carbonyl (C=O) groups excluding carboxylic acids is 2. The highest BCUT2D eigenvalue weighted by Gasteiger charge is 2.37. The third kappa shape index (κ3) is 4.08. The fourth-order valence-corrected chi connectivity index (χ4v) is 2.75. The van der Waals surface area contributed by atoms with Gasteiger partial charge in [0.15, 0.2) is 10.4 Å². The van der Waals surface area contributed by atoms with E-state index in [-0.39, 0.29) is 17.5 Å². The molecule has 1 atom stereocenters. The standard InChI is InChI=1S/C13H12BrN3O4S/c1-2-21-12(20)10-11(19)16-13(22-10)17-15-6-7-5-8(14)3-4-9(7)18/h3-6,10,18H,2H2,1H3,(H,16,17,19). The zero-order chi connectivity index (χ0) is 16.1. The summed E-state index contributed by atoms with van der Waals surface area (Å²) >= 11 is 4.22. The van der Waals surface area contributed by atoms with Crippen molar-refractivity contribution in [2.24, 2.45) is 10.2 Å². The molecule has 1 fully saturated rings. The Kier molecular flexibility index (Phi) is 5.56. The lowest BCUT2D eigenvalue weighted by Gasteiger charge is -2.03. The van der Waals surface area contributed by atoms with Gasteiger partial charge in [0.05, 0.1) is 12.8 Å². The minimum atomic E-state index is -0.965. The number of phenols is 1. The lowest BCUT2D eigenvalue weighted by atomic mass is 10.2. The molecule has 1 unspecified atom stereocenters. The second-order valence-corrected chi connectivity index (χ2v) is 6.10. The van der Waals surface area contributed by atoms with Crippen LogP contribution in [0.2, 0.25) is 0 Å². The predicted octanol–water partition coefficient (Wildman–Crippen LogP) is 1.64. The van der Waals surface area contributed by atoms with Crippen molar-refractivity contribution in [2.75, 3.05) is 6.61 Å².